The van der Waals surface area contributed by atoms with Gasteiger partial charge in [-0.2, -0.15) is 0 Å². The molecule has 0 saturated carbocycles. The number of fused-ring (bicyclic) bond motifs is 3. The van der Waals surface area contributed by atoms with Crippen LogP contribution in [0.1, 0.15) is 29.5 Å². The number of hydrogen-bond acceptors (Lipinski definition) is 1. The number of hydrogen-bond donors (Lipinski definition) is 1. The van der Waals surface area contributed by atoms with Gasteiger partial charge in [0.1, 0.15) is 0 Å². The quantitative estimate of drug-likeness (QED) is 0.805. The van der Waals surface area contributed by atoms with Gasteiger partial charge in [-0.05, 0) is 47.1 Å². The molecule has 0 saturated heterocycles. The zero-order chi connectivity index (χ0) is 12.2. The molecule has 0 amide bonds. The number of aliphatic hydroxyl groups excluding tert-OH is 1. The van der Waals surface area contributed by atoms with Crippen molar-refractivity contribution in [3.8, 4) is 11.1 Å². The van der Waals surface area contributed by atoms with E-state index in [2.05, 4.69) is 42.5 Å². The molecule has 0 bridgehead atoms. The SMILES string of the molecule is OCC12CCCc3cccc(c31)-c1ccccc12. The maximum atomic E-state index is 10.1. The largest absolute Gasteiger partial charge is 0.395 e. The third-order valence-corrected chi connectivity index (χ3v) is 4.68. The Morgan fingerprint density at radius 1 is 1.00 bits per heavy atom. The first kappa shape index (κ1) is 10.3. The van der Waals surface area contributed by atoms with Gasteiger partial charge in [0.05, 0.1) is 6.61 Å². The van der Waals surface area contributed by atoms with E-state index in [9.17, 15) is 5.11 Å². The van der Waals surface area contributed by atoms with E-state index in [1.807, 2.05) is 0 Å². The van der Waals surface area contributed by atoms with E-state index in [-0.39, 0.29) is 12.0 Å². The van der Waals surface area contributed by atoms with E-state index in [1.165, 1.54) is 34.2 Å². The summed E-state index contributed by atoms with van der Waals surface area (Å²) in [5.41, 5.74) is 6.71. The second-order valence-electron chi connectivity index (χ2n) is 5.48. The van der Waals surface area contributed by atoms with Crippen molar-refractivity contribution in [2.75, 3.05) is 6.61 Å². The lowest BCUT2D eigenvalue weighted by atomic mass is 9.69. The van der Waals surface area contributed by atoms with E-state index in [0.29, 0.717) is 0 Å². The predicted molar refractivity (Wildman–Crippen MR) is 72.7 cm³/mol. The van der Waals surface area contributed by atoms with Gasteiger partial charge in [0, 0.05) is 5.41 Å². The topological polar surface area (TPSA) is 20.2 Å². The average Bonchev–Trinajstić information content (AvgIpc) is 2.74. The molecule has 18 heavy (non-hydrogen) atoms. The predicted octanol–water partition coefficient (Wildman–Crippen LogP) is 3.28. The first-order valence-corrected chi connectivity index (χ1v) is 6.70. The normalized spacial score (nSPS) is 23.6. The molecule has 0 radical (unpaired) electrons. The summed E-state index contributed by atoms with van der Waals surface area (Å²) in [6.45, 7) is 0.230. The Morgan fingerprint density at radius 2 is 1.83 bits per heavy atom. The van der Waals surface area contributed by atoms with Crippen molar-refractivity contribution in [3.63, 3.8) is 0 Å². The van der Waals surface area contributed by atoms with Crippen LogP contribution in [0.2, 0.25) is 0 Å². The van der Waals surface area contributed by atoms with E-state index in [0.717, 1.165) is 12.8 Å². The van der Waals surface area contributed by atoms with Gasteiger partial charge in [0.2, 0.25) is 0 Å². The molecule has 1 atom stereocenters. The third kappa shape index (κ3) is 1.06. The second-order valence-corrected chi connectivity index (χ2v) is 5.48. The summed E-state index contributed by atoms with van der Waals surface area (Å²) in [6, 6.07) is 15.2. The molecule has 1 heteroatoms. The minimum absolute atomic E-state index is 0.124. The Kier molecular flexibility index (Phi) is 1.98. The molecule has 2 aromatic carbocycles. The van der Waals surface area contributed by atoms with Gasteiger partial charge in [-0.1, -0.05) is 42.5 Å². The van der Waals surface area contributed by atoms with Gasteiger partial charge in [-0.15, -0.1) is 0 Å². The van der Waals surface area contributed by atoms with Crippen molar-refractivity contribution in [1.82, 2.24) is 0 Å². The van der Waals surface area contributed by atoms with Crippen LogP contribution in [0.3, 0.4) is 0 Å². The lowest BCUT2D eigenvalue weighted by Gasteiger charge is -2.35. The molecule has 2 aromatic rings. The maximum Gasteiger partial charge on any atom is 0.0569 e. The van der Waals surface area contributed by atoms with Gasteiger partial charge in [-0.3, -0.25) is 0 Å². The highest BCUT2D eigenvalue weighted by atomic mass is 16.3. The van der Waals surface area contributed by atoms with Gasteiger partial charge in [-0.25, -0.2) is 0 Å². The average molecular weight is 236 g/mol. The lowest BCUT2D eigenvalue weighted by molar-refractivity contribution is 0.206. The Bertz CT molecular complexity index is 629. The van der Waals surface area contributed by atoms with Crippen molar-refractivity contribution >= 4 is 0 Å². The summed E-state index contributed by atoms with van der Waals surface area (Å²) in [7, 11) is 0. The first-order valence-electron chi connectivity index (χ1n) is 6.70. The molecule has 1 nitrogen and oxygen atoms in total. The standard InChI is InChI=1S/C17H16O/c18-11-17-10-4-6-12-5-3-8-14(16(12)17)13-7-1-2-9-15(13)17/h1-3,5,7-9,18H,4,6,10-11H2. The highest BCUT2D eigenvalue weighted by molar-refractivity contribution is 5.82. The molecule has 0 fully saturated rings. The molecule has 2 aliphatic rings. The monoisotopic (exact) mass is 236 g/mol. The number of benzene rings is 2. The van der Waals surface area contributed by atoms with Crippen molar-refractivity contribution in [2.24, 2.45) is 0 Å². The highest BCUT2D eigenvalue weighted by Crippen LogP contribution is 2.54. The molecular weight excluding hydrogens is 220 g/mol. The maximum absolute atomic E-state index is 10.1. The van der Waals surface area contributed by atoms with Crippen LogP contribution >= 0.6 is 0 Å². The molecule has 2 aliphatic carbocycles. The minimum Gasteiger partial charge on any atom is -0.395 e. The summed E-state index contributed by atoms with van der Waals surface area (Å²) in [5.74, 6) is 0. The molecular formula is C17H16O. The molecule has 0 aliphatic heterocycles. The minimum atomic E-state index is -0.124. The number of aliphatic hydroxyl groups is 1. The van der Waals surface area contributed by atoms with E-state index < -0.39 is 0 Å². The van der Waals surface area contributed by atoms with Gasteiger partial charge < -0.3 is 5.11 Å². The van der Waals surface area contributed by atoms with Crippen LogP contribution in [-0.4, -0.2) is 11.7 Å². The van der Waals surface area contributed by atoms with E-state index >= 15 is 0 Å². The van der Waals surface area contributed by atoms with Crippen LogP contribution in [0.5, 0.6) is 0 Å². The molecule has 1 unspecified atom stereocenters. The molecule has 4 rings (SSSR count). The van der Waals surface area contributed by atoms with E-state index in [4.69, 9.17) is 0 Å². The number of aryl methyl sites for hydroxylation is 1. The van der Waals surface area contributed by atoms with E-state index in [1.54, 1.807) is 0 Å². The molecule has 0 heterocycles. The van der Waals surface area contributed by atoms with Gasteiger partial charge in [0.25, 0.3) is 0 Å². The summed E-state index contributed by atoms with van der Waals surface area (Å²) in [5, 5.41) is 10.1. The Balaban J connectivity index is 2.15. The summed E-state index contributed by atoms with van der Waals surface area (Å²) < 4.78 is 0. The molecule has 1 N–H and O–H groups in total. The van der Waals surface area contributed by atoms with Gasteiger partial charge in [0.15, 0.2) is 0 Å². The summed E-state index contributed by atoms with van der Waals surface area (Å²) >= 11 is 0. The van der Waals surface area contributed by atoms with Crippen molar-refractivity contribution in [1.29, 1.82) is 0 Å². The number of rotatable bonds is 1. The Hall–Kier alpha value is -1.60. The van der Waals surface area contributed by atoms with Crippen molar-refractivity contribution in [2.45, 2.75) is 24.7 Å². The Labute approximate surface area is 107 Å². The Morgan fingerprint density at radius 3 is 2.72 bits per heavy atom. The summed E-state index contributed by atoms with van der Waals surface area (Å²) in [4.78, 5) is 0. The van der Waals surface area contributed by atoms with Crippen LogP contribution < -0.4 is 0 Å². The zero-order valence-corrected chi connectivity index (χ0v) is 10.3. The van der Waals surface area contributed by atoms with Crippen molar-refractivity contribution in [3.05, 3.63) is 59.2 Å². The second kappa shape index (κ2) is 3.46. The fourth-order valence-corrected chi connectivity index (χ4v) is 3.95. The zero-order valence-electron chi connectivity index (χ0n) is 10.3. The fraction of sp³-hybridized carbons (Fsp3) is 0.294. The third-order valence-electron chi connectivity index (χ3n) is 4.68. The first-order chi connectivity index (χ1) is 8.87. The van der Waals surface area contributed by atoms with Crippen LogP contribution in [0.15, 0.2) is 42.5 Å². The van der Waals surface area contributed by atoms with Crippen LogP contribution in [0.25, 0.3) is 11.1 Å². The van der Waals surface area contributed by atoms with Crippen LogP contribution in [0, 0.1) is 0 Å². The van der Waals surface area contributed by atoms with Gasteiger partial charge >= 0.3 is 0 Å². The fourth-order valence-electron chi connectivity index (χ4n) is 3.95. The van der Waals surface area contributed by atoms with Crippen LogP contribution in [0.4, 0.5) is 0 Å². The lowest BCUT2D eigenvalue weighted by Crippen LogP contribution is -2.33. The smallest absolute Gasteiger partial charge is 0.0569 e. The summed E-state index contributed by atoms with van der Waals surface area (Å²) in [6.07, 6.45) is 3.40. The van der Waals surface area contributed by atoms with Crippen LogP contribution in [-0.2, 0) is 11.8 Å². The highest BCUT2D eigenvalue weighted by Gasteiger charge is 2.45. The molecule has 90 valence electrons. The van der Waals surface area contributed by atoms with Crippen molar-refractivity contribution < 1.29 is 5.11 Å². The molecule has 0 aromatic heterocycles. The molecule has 0 spiro atoms.